The first-order valence-electron chi connectivity index (χ1n) is 5.80. The van der Waals surface area contributed by atoms with Gasteiger partial charge in [0.15, 0.2) is 5.16 Å². The molecule has 2 rings (SSSR count). The molecule has 0 unspecified atom stereocenters. The molecule has 0 saturated carbocycles. The van der Waals surface area contributed by atoms with E-state index in [1.54, 1.807) is 12.4 Å². The Bertz CT molecular complexity index is 568. The van der Waals surface area contributed by atoms with Gasteiger partial charge in [-0.25, -0.2) is 0 Å². The first-order chi connectivity index (χ1) is 9.09. The van der Waals surface area contributed by atoms with E-state index in [-0.39, 0.29) is 11.7 Å². The van der Waals surface area contributed by atoms with Crippen LogP contribution in [0.3, 0.4) is 0 Å². The van der Waals surface area contributed by atoms with Crippen LogP contribution < -0.4 is 0 Å². The van der Waals surface area contributed by atoms with E-state index in [1.807, 2.05) is 30.5 Å². The van der Waals surface area contributed by atoms with Crippen molar-refractivity contribution in [1.82, 2.24) is 19.7 Å². The number of carbonyl (C=O) groups is 1. The fraction of sp³-hybridized carbons (Fsp3) is 0.333. The summed E-state index contributed by atoms with van der Waals surface area (Å²) in [7, 11) is 0. The smallest absolute Gasteiger partial charge is 0.313 e. The zero-order chi connectivity index (χ0) is 13.8. The molecule has 0 radical (unpaired) electrons. The zero-order valence-electron chi connectivity index (χ0n) is 10.6. The number of hydrogen-bond donors (Lipinski definition) is 1. The predicted octanol–water partition coefficient (Wildman–Crippen LogP) is 1.96. The van der Waals surface area contributed by atoms with Crippen molar-refractivity contribution < 1.29 is 9.90 Å². The van der Waals surface area contributed by atoms with Gasteiger partial charge in [-0.15, -0.1) is 10.2 Å². The molecule has 0 saturated heterocycles. The molecule has 0 aliphatic rings. The SMILES string of the molecule is CC(C)c1nnc(SCC(=O)O)n1-c1cccnc1. The van der Waals surface area contributed by atoms with Crippen molar-refractivity contribution in [2.45, 2.75) is 24.9 Å². The average Bonchev–Trinajstić information content (AvgIpc) is 2.81. The summed E-state index contributed by atoms with van der Waals surface area (Å²) in [6, 6.07) is 3.72. The third-order valence-corrected chi connectivity index (χ3v) is 3.32. The van der Waals surface area contributed by atoms with Gasteiger partial charge in [-0.05, 0) is 12.1 Å². The van der Waals surface area contributed by atoms with Crippen LogP contribution in [0.5, 0.6) is 0 Å². The van der Waals surface area contributed by atoms with E-state index in [9.17, 15) is 4.79 Å². The van der Waals surface area contributed by atoms with Crippen LogP contribution in [-0.4, -0.2) is 36.6 Å². The number of carboxylic acids is 1. The highest BCUT2D eigenvalue weighted by atomic mass is 32.2. The Labute approximate surface area is 114 Å². The number of nitrogens with zero attached hydrogens (tertiary/aromatic N) is 4. The quantitative estimate of drug-likeness (QED) is 0.842. The average molecular weight is 278 g/mol. The van der Waals surface area contributed by atoms with Crippen LogP contribution in [0.1, 0.15) is 25.6 Å². The summed E-state index contributed by atoms with van der Waals surface area (Å²) in [5.41, 5.74) is 0.837. The van der Waals surface area contributed by atoms with Gasteiger partial charge in [0, 0.05) is 12.1 Å². The van der Waals surface area contributed by atoms with Gasteiger partial charge >= 0.3 is 5.97 Å². The van der Waals surface area contributed by atoms with Crippen molar-refractivity contribution in [3.8, 4) is 5.69 Å². The van der Waals surface area contributed by atoms with Gasteiger partial charge in [-0.2, -0.15) is 0 Å². The van der Waals surface area contributed by atoms with Crippen LogP contribution in [0, 0.1) is 0 Å². The second-order valence-corrected chi connectivity index (χ2v) is 5.17. The molecule has 0 bridgehead atoms. The number of pyridine rings is 1. The minimum atomic E-state index is -0.878. The Hall–Kier alpha value is -1.89. The summed E-state index contributed by atoms with van der Waals surface area (Å²) >= 11 is 1.15. The van der Waals surface area contributed by atoms with Crippen molar-refractivity contribution in [3.63, 3.8) is 0 Å². The fourth-order valence-electron chi connectivity index (χ4n) is 1.60. The monoisotopic (exact) mass is 278 g/mol. The van der Waals surface area contributed by atoms with Crippen molar-refractivity contribution >= 4 is 17.7 Å². The summed E-state index contributed by atoms with van der Waals surface area (Å²) < 4.78 is 1.85. The minimum Gasteiger partial charge on any atom is -0.481 e. The molecule has 0 aromatic carbocycles. The van der Waals surface area contributed by atoms with E-state index in [4.69, 9.17) is 5.11 Å². The minimum absolute atomic E-state index is 0.0451. The Kier molecular flexibility index (Phi) is 4.16. The number of thioether (sulfide) groups is 1. The van der Waals surface area contributed by atoms with Crippen LogP contribution in [0.15, 0.2) is 29.7 Å². The Morgan fingerprint density at radius 1 is 1.47 bits per heavy atom. The Balaban J connectivity index is 2.42. The first kappa shape index (κ1) is 13.5. The van der Waals surface area contributed by atoms with Crippen molar-refractivity contribution in [3.05, 3.63) is 30.4 Å². The lowest BCUT2D eigenvalue weighted by Crippen LogP contribution is -2.06. The standard InChI is InChI=1S/C12H14N4O2S/c1-8(2)11-14-15-12(19-7-10(17)18)16(11)9-4-3-5-13-6-9/h3-6,8H,7H2,1-2H3,(H,17,18). The third-order valence-electron chi connectivity index (χ3n) is 2.40. The van der Waals surface area contributed by atoms with E-state index in [0.29, 0.717) is 5.16 Å². The lowest BCUT2D eigenvalue weighted by molar-refractivity contribution is -0.133. The highest BCUT2D eigenvalue weighted by molar-refractivity contribution is 7.99. The third kappa shape index (κ3) is 3.11. The first-order valence-corrected chi connectivity index (χ1v) is 6.78. The zero-order valence-corrected chi connectivity index (χ0v) is 11.5. The summed E-state index contributed by atoms with van der Waals surface area (Å²) in [5.74, 6) is 0.0563. The normalized spacial score (nSPS) is 10.9. The molecule has 2 aromatic rings. The van der Waals surface area contributed by atoms with Crippen LogP contribution in [0.25, 0.3) is 5.69 Å². The fourth-order valence-corrected chi connectivity index (χ4v) is 2.28. The van der Waals surface area contributed by atoms with Crippen molar-refractivity contribution in [2.24, 2.45) is 0 Å². The summed E-state index contributed by atoms with van der Waals surface area (Å²) in [6.45, 7) is 4.03. The van der Waals surface area contributed by atoms with Gasteiger partial charge in [-0.3, -0.25) is 14.3 Å². The van der Waals surface area contributed by atoms with Crippen LogP contribution in [0.4, 0.5) is 0 Å². The molecule has 0 fully saturated rings. The predicted molar refractivity (Wildman–Crippen MR) is 71.6 cm³/mol. The maximum Gasteiger partial charge on any atom is 0.313 e. The molecule has 0 atom stereocenters. The van der Waals surface area contributed by atoms with Crippen LogP contribution in [0.2, 0.25) is 0 Å². The molecule has 0 aliphatic carbocycles. The molecule has 19 heavy (non-hydrogen) atoms. The van der Waals surface area contributed by atoms with Gasteiger partial charge < -0.3 is 5.11 Å². The van der Waals surface area contributed by atoms with Gasteiger partial charge in [0.2, 0.25) is 0 Å². The topological polar surface area (TPSA) is 80.9 Å². The molecule has 6 nitrogen and oxygen atoms in total. The lowest BCUT2D eigenvalue weighted by Gasteiger charge is -2.10. The second kappa shape index (κ2) is 5.83. The van der Waals surface area contributed by atoms with E-state index >= 15 is 0 Å². The van der Waals surface area contributed by atoms with Crippen LogP contribution in [-0.2, 0) is 4.79 Å². The second-order valence-electron chi connectivity index (χ2n) is 4.22. The van der Waals surface area contributed by atoms with Gasteiger partial charge in [0.05, 0.1) is 17.6 Å². The van der Waals surface area contributed by atoms with Crippen LogP contribution >= 0.6 is 11.8 Å². The molecule has 2 heterocycles. The van der Waals surface area contributed by atoms with Gasteiger partial charge in [0.25, 0.3) is 0 Å². The van der Waals surface area contributed by atoms with E-state index in [1.165, 1.54) is 0 Å². The number of rotatable bonds is 5. The molecule has 1 N–H and O–H groups in total. The van der Waals surface area contributed by atoms with Gasteiger partial charge in [0.1, 0.15) is 5.82 Å². The number of aliphatic carboxylic acids is 1. The lowest BCUT2D eigenvalue weighted by atomic mass is 10.2. The van der Waals surface area contributed by atoms with Crippen molar-refractivity contribution in [1.29, 1.82) is 0 Å². The highest BCUT2D eigenvalue weighted by Gasteiger charge is 2.17. The number of carboxylic acid groups (broad SMARTS) is 1. The van der Waals surface area contributed by atoms with Gasteiger partial charge in [-0.1, -0.05) is 25.6 Å². The molecule has 0 amide bonds. The molecule has 100 valence electrons. The van der Waals surface area contributed by atoms with E-state index < -0.39 is 5.97 Å². The molecule has 0 spiro atoms. The summed E-state index contributed by atoms with van der Waals surface area (Å²) in [4.78, 5) is 14.7. The Morgan fingerprint density at radius 2 is 2.26 bits per heavy atom. The number of hydrogen-bond acceptors (Lipinski definition) is 5. The summed E-state index contributed by atoms with van der Waals surface area (Å²) in [5, 5.41) is 17.5. The number of aromatic nitrogens is 4. The largest absolute Gasteiger partial charge is 0.481 e. The van der Waals surface area contributed by atoms with E-state index in [0.717, 1.165) is 23.3 Å². The molecular weight excluding hydrogens is 264 g/mol. The van der Waals surface area contributed by atoms with E-state index in [2.05, 4.69) is 15.2 Å². The molecule has 2 aromatic heterocycles. The highest BCUT2D eigenvalue weighted by Crippen LogP contribution is 2.25. The maximum atomic E-state index is 10.7. The molecule has 7 heteroatoms. The Morgan fingerprint density at radius 3 is 2.84 bits per heavy atom. The summed E-state index contributed by atoms with van der Waals surface area (Å²) in [6.07, 6.45) is 3.40. The molecule has 0 aliphatic heterocycles. The van der Waals surface area contributed by atoms with Crippen molar-refractivity contribution in [2.75, 3.05) is 5.75 Å². The molecular formula is C12H14N4O2S. The maximum absolute atomic E-state index is 10.7.